The summed E-state index contributed by atoms with van der Waals surface area (Å²) in [5.74, 6) is 0. The number of nitrogens with two attached hydrogens (primary N) is 1. The van der Waals surface area contributed by atoms with Gasteiger partial charge in [-0.3, -0.25) is 4.90 Å². The largest absolute Gasteiger partial charge is 0.392 e. The molecule has 1 aliphatic heterocycles. The number of nitrogens with one attached hydrogen (secondary N) is 1. The van der Waals surface area contributed by atoms with Crippen molar-refractivity contribution in [1.29, 1.82) is 0 Å². The van der Waals surface area contributed by atoms with Crippen LogP contribution in [0.15, 0.2) is 0 Å². The van der Waals surface area contributed by atoms with Crippen LogP contribution in [-0.4, -0.2) is 58.6 Å². The van der Waals surface area contributed by atoms with Crippen molar-refractivity contribution < 1.29 is 4.79 Å². The SMILES string of the molecule is CCC(C(N)=S)N1CCN(C(=O)NC(C)(C)C)CC1. The van der Waals surface area contributed by atoms with Crippen molar-refractivity contribution in [3.8, 4) is 0 Å². The van der Waals surface area contributed by atoms with Crippen LogP contribution in [0.4, 0.5) is 4.79 Å². The van der Waals surface area contributed by atoms with E-state index in [-0.39, 0.29) is 17.6 Å². The number of hydrogen-bond donors (Lipinski definition) is 2. The van der Waals surface area contributed by atoms with Gasteiger partial charge in [-0.2, -0.15) is 0 Å². The van der Waals surface area contributed by atoms with Crippen LogP contribution in [0, 0.1) is 0 Å². The Bertz CT molecular complexity index is 332. The van der Waals surface area contributed by atoms with Crippen molar-refractivity contribution in [3.05, 3.63) is 0 Å². The minimum atomic E-state index is -0.195. The molecule has 1 atom stereocenters. The van der Waals surface area contributed by atoms with E-state index in [0.717, 1.165) is 32.6 Å². The van der Waals surface area contributed by atoms with Crippen LogP contribution in [-0.2, 0) is 0 Å². The molecule has 1 aliphatic rings. The molecule has 1 heterocycles. The van der Waals surface area contributed by atoms with Gasteiger partial charge < -0.3 is 16.0 Å². The van der Waals surface area contributed by atoms with Gasteiger partial charge in [-0.25, -0.2) is 4.79 Å². The molecule has 5 nitrogen and oxygen atoms in total. The number of carbonyl (C=O) groups is 1. The minimum Gasteiger partial charge on any atom is -0.392 e. The molecule has 1 saturated heterocycles. The number of rotatable bonds is 3. The van der Waals surface area contributed by atoms with Crippen LogP contribution in [0.25, 0.3) is 0 Å². The average molecular weight is 286 g/mol. The smallest absolute Gasteiger partial charge is 0.317 e. The molecular formula is C13H26N4OS. The highest BCUT2D eigenvalue weighted by Gasteiger charge is 2.27. The van der Waals surface area contributed by atoms with E-state index >= 15 is 0 Å². The lowest BCUT2D eigenvalue weighted by molar-refractivity contribution is 0.122. The van der Waals surface area contributed by atoms with Crippen LogP contribution in [0.1, 0.15) is 34.1 Å². The van der Waals surface area contributed by atoms with Crippen LogP contribution in [0.5, 0.6) is 0 Å². The van der Waals surface area contributed by atoms with Crippen molar-refractivity contribution in [2.75, 3.05) is 26.2 Å². The normalized spacial score (nSPS) is 19.1. The maximum Gasteiger partial charge on any atom is 0.317 e. The number of urea groups is 1. The molecule has 0 bridgehead atoms. The molecule has 19 heavy (non-hydrogen) atoms. The van der Waals surface area contributed by atoms with Gasteiger partial charge in [-0.15, -0.1) is 0 Å². The summed E-state index contributed by atoms with van der Waals surface area (Å²) in [4.78, 5) is 16.7. The third-order valence-corrected chi connectivity index (χ3v) is 3.51. The Balaban J connectivity index is 2.49. The Morgan fingerprint density at radius 1 is 1.32 bits per heavy atom. The highest BCUT2D eigenvalue weighted by molar-refractivity contribution is 7.80. The van der Waals surface area contributed by atoms with E-state index in [9.17, 15) is 4.79 Å². The summed E-state index contributed by atoms with van der Waals surface area (Å²) in [6, 6.07) is 0.165. The fourth-order valence-corrected chi connectivity index (χ4v) is 2.59. The summed E-state index contributed by atoms with van der Waals surface area (Å²) in [6.45, 7) is 11.1. The fourth-order valence-electron chi connectivity index (χ4n) is 2.28. The predicted molar refractivity (Wildman–Crippen MR) is 82.3 cm³/mol. The number of amides is 2. The highest BCUT2D eigenvalue weighted by atomic mass is 32.1. The number of piperazine rings is 1. The summed E-state index contributed by atoms with van der Waals surface area (Å²) in [5, 5.41) is 2.99. The first-order valence-electron chi connectivity index (χ1n) is 6.85. The molecule has 0 aromatic carbocycles. The van der Waals surface area contributed by atoms with Crippen molar-refractivity contribution in [1.82, 2.24) is 15.1 Å². The van der Waals surface area contributed by atoms with E-state index in [0.29, 0.717) is 4.99 Å². The van der Waals surface area contributed by atoms with Gasteiger partial charge in [-0.1, -0.05) is 19.1 Å². The maximum absolute atomic E-state index is 12.0. The zero-order chi connectivity index (χ0) is 14.6. The van der Waals surface area contributed by atoms with Crippen LogP contribution >= 0.6 is 12.2 Å². The molecule has 0 saturated carbocycles. The van der Waals surface area contributed by atoms with E-state index in [4.69, 9.17) is 18.0 Å². The molecule has 6 heteroatoms. The Morgan fingerprint density at radius 2 is 1.84 bits per heavy atom. The van der Waals surface area contributed by atoms with E-state index in [2.05, 4.69) is 17.1 Å². The van der Waals surface area contributed by atoms with Gasteiger partial charge in [0.05, 0.1) is 11.0 Å². The summed E-state index contributed by atoms with van der Waals surface area (Å²) in [7, 11) is 0. The highest BCUT2D eigenvalue weighted by Crippen LogP contribution is 2.11. The third kappa shape index (κ3) is 4.95. The third-order valence-electron chi connectivity index (χ3n) is 3.24. The molecule has 1 rings (SSSR count). The number of carbonyl (C=O) groups excluding carboxylic acids is 1. The van der Waals surface area contributed by atoms with Crippen molar-refractivity contribution >= 4 is 23.2 Å². The second-order valence-electron chi connectivity index (χ2n) is 6.03. The lowest BCUT2D eigenvalue weighted by Crippen LogP contribution is -2.58. The number of hydrogen-bond acceptors (Lipinski definition) is 3. The zero-order valence-electron chi connectivity index (χ0n) is 12.4. The second-order valence-corrected chi connectivity index (χ2v) is 6.50. The molecule has 0 radical (unpaired) electrons. The summed E-state index contributed by atoms with van der Waals surface area (Å²) in [5.41, 5.74) is 5.56. The predicted octanol–water partition coefficient (Wildman–Crippen LogP) is 1.18. The lowest BCUT2D eigenvalue weighted by atomic mass is 10.1. The maximum atomic E-state index is 12.0. The monoisotopic (exact) mass is 286 g/mol. The molecule has 110 valence electrons. The average Bonchev–Trinajstić information content (AvgIpc) is 2.28. The molecule has 0 aromatic rings. The molecule has 2 amide bonds. The standard InChI is InChI=1S/C13H26N4OS/c1-5-10(11(14)19)16-6-8-17(9-7-16)12(18)15-13(2,3)4/h10H,5-9H2,1-4H3,(H2,14,19)(H,15,18). The van der Waals surface area contributed by atoms with Gasteiger partial charge in [0.2, 0.25) is 0 Å². The Hall–Kier alpha value is -0.880. The van der Waals surface area contributed by atoms with Crippen molar-refractivity contribution in [3.63, 3.8) is 0 Å². The van der Waals surface area contributed by atoms with E-state index in [1.54, 1.807) is 0 Å². The Labute approximate surface area is 121 Å². The zero-order valence-corrected chi connectivity index (χ0v) is 13.2. The van der Waals surface area contributed by atoms with Gasteiger partial charge >= 0.3 is 6.03 Å². The van der Waals surface area contributed by atoms with Crippen molar-refractivity contribution in [2.24, 2.45) is 5.73 Å². The molecule has 3 N–H and O–H groups in total. The second kappa shape index (κ2) is 6.52. The van der Waals surface area contributed by atoms with Gasteiger partial charge in [0.25, 0.3) is 0 Å². The van der Waals surface area contributed by atoms with E-state index in [1.807, 2.05) is 25.7 Å². The van der Waals surface area contributed by atoms with Crippen LogP contribution < -0.4 is 11.1 Å². The first-order chi connectivity index (χ1) is 8.74. The molecule has 1 unspecified atom stereocenters. The first-order valence-corrected chi connectivity index (χ1v) is 7.26. The van der Waals surface area contributed by atoms with E-state index in [1.165, 1.54) is 0 Å². The van der Waals surface area contributed by atoms with Crippen LogP contribution in [0.2, 0.25) is 0 Å². The first kappa shape index (κ1) is 16.2. The fraction of sp³-hybridized carbons (Fsp3) is 0.846. The Morgan fingerprint density at radius 3 is 2.21 bits per heavy atom. The quantitative estimate of drug-likeness (QED) is 0.765. The summed E-state index contributed by atoms with van der Waals surface area (Å²) < 4.78 is 0. The number of thiocarbonyl (C=S) groups is 1. The summed E-state index contributed by atoms with van der Waals surface area (Å²) in [6.07, 6.45) is 0.920. The number of nitrogens with zero attached hydrogens (tertiary/aromatic N) is 2. The Kier molecular flexibility index (Phi) is 5.55. The van der Waals surface area contributed by atoms with E-state index < -0.39 is 0 Å². The van der Waals surface area contributed by atoms with Crippen molar-refractivity contribution in [2.45, 2.75) is 45.7 Å². The lowest BCUT2D eigenvalue weighted by Gasteiger charge is -2.39. The van der Waals surface area contributed by atoms with Crippen LogP contribution in [0.3, 0.4) is 0 Å². The van der Waals surface area contributed by atoms with Gasteiger partial charge in [0, 0.05) is 31.7 Å². The van der Waals surface area contributed by atoms with Gasteiger partial charge in [0.15, 0.2) is 0 Å². The van der Waals surface area contributed by atoms with Gasteiger partial charge in [0.1, 0.15) is 0 Å². The minimum absolute atomic E-state index is 0.00974. The molecule has 0 spiro atoms. The molecule has 0 aromatic heterocycles. The molecule has 0 aliphatic carbocycles. The van der Waals surface area contributed by atoms with Gasteiger partial charge in [-0.05, 0) is 27.2 Å². The molecule has 1 fully saturated rings. The molecular weight excluding hydrogens is 260 g/mol. The topological polar surface area (TPSA) is 61.6 Å². The summed E-state index contributed by atoms with van der Waals surface area (Å²) >= 11 is 5.09.